The van der Waals surface area contributed by atoms with E-state index in [1.54, 1.807) is 0 Å². The van der Waals surface area contributed by atoms with Gasteiger partial charge in [-0.1, -0.05) is 133 Å². The Bertz CT molecular complexity index is 3010. The van der Waals surface area contributed by atoms with Gasteiger partial charge in [-0.3, -0.25) is 0 Å². The van der Waals surface area contributed by atoms with Gasteiger partial charge in [0, 0.05) is 37.1 Å². The molecule has 0 fully saturated rings. The van der Waals surface area contributed by atoms with Gasteiger partial charge in [-0.15, -0.1) is 35.4 Å². The molecular weight excluding hydrogens is 915 g/mol. The van der Waals surface area contributed by atoms with E-state index < -0.39 is 0 Å². The molecule has 0 bridgehead atoms. The molecule has 0 amide bonds. The minimum absolute atomic E-state index is 0. The fourth-order valence-electron chi connectivity index (χ4n) is 11.7. The van der Waals surface area contributed by atoms with Crippen molar-refractivity contribution in [3.63, 3.8) is 0 Å². The Hall–Kier alpha value is -6.44. The Morgan fingerprint density at radius 3 is 1.26 bits per heavy atom. The van der Waals surface area contributed by atoms with Gasteiger partial charge < -0.3 is 4.98 Å². The van der Waals surface area contributed by atoms with E-state index in [1.165, 1.54) is 94.6 Å². The molecule has 1 nitrogen and oxygen atoms in total. The molecule has 0 aliphatic heterocycles. The molecule has 4 aliphatic rings. The Balaban J connectivity index is 0.00000399. The molecular formula is C59H40IrN-. The van der Waals surface area contributed by atoms with E-state index >= 15 is 0 Å². The molecule has 0 N–H and O–H groups in total. The normalized spacial score (nSPS) is 15.1. The van der Waals surface area contributed by atoms with Gasteiger partial charge in [0.25, 0.3) is 0 Å². The summed E-state index contributed by atoms with van der Waals surface area (Å²) < 4.78 is 0. The standard InChI is InChI=1S/C59H40N.Ir/c1-2-13-43-35-58(34-42(43)12-1)53-20-7-5-18-49(53)51-25-23-39(32-55(51)58)47-29-46(38-16-11-17-41(28-38)57-22-9-10-27-60-57)30-48(31-47)40-24-26-52-50-19-6-8-21-54(50)59(56(52)33-40)36-44-14-3-4-15-45(44)37-59;/h1-16,18-33H,34-37H2;/q-1;. The van der Waals surface area contributed by atoms with E-state index in [0.717, 1.165) is 42.5 Å². The largest absolute Gasteiger partial charge is 0.305 e. The van der Waals surface area contributed by atoms with Gasteiger partial charge in [-0.05, 0) is 162 Å². The molecule has 0 saturated carbocycles. The number of hydrogen-bond donors (Lipinski definition) is 0. The molecule has 9 aromatic rings. The number of benzene rings is 8. The molecule has 0 saturated heterocycles. The topological polar surface area (TPSA) is 12.9 Å². The molecule has 1 heterocycles. The van der Waals surface area contributed by atoms with Gasteiger partial charge in [0.15, 0.2) is 0 Å². The van der Waals surface area contributed by atoms with Crippen LogP contribution in [0.15, 0.2) is 194 Å². The van der Waals surface area contributed by atoms with Crippen molar-refractivity contribution in [2.24, 2.45) is 0 Å². The smallest absolute Gasteiger partial charge is 0.0296 e. The maximum absolute atomic E-state index is 4.68. The van der Waals surface area contributed by atoms with Crippen LogP contribution in [0.3, 0.4) is 0 Å². The molecule has 2 spiro atoms. The Morgan fingerprint density at radius 2 is 0.787 bits per heavy atom. The van der Waals surface area contributed by atoms with Crippen molar-refractivity contribution >= 4 is 0 Å². The average molecular weight is 955 g/mol. The van der Waals surface area contributed by atoms with E-state index in [2.05, 4.69) is 181 Å². The van der Waals surface area contributed by atoms with Gasteiger partial charge in [0.05, 0.1) is 0 Å². The van der Waals surface area contributed by atoms with Crippen LogP contribution in [0.1, 0.15) is 44.5 Å². The number of fused-ring (bicyclic) bond motifs is 12. The maximum Gasteiger partial charge on any atom is 0.0296 e. The zero-order valence-corrected chi connectivity index (χ0v) is 36.0. The van der Waals surface area contributed by atoms with Crippen molar-refractivity contribution in [2.45, 2.75) is 36.5 Å². The summed E-state index contributed by atoms with van der Waals surface area (Å²) in [6.07, 6.45) is 5.98. The van der Waals surface area contributed by atoms with Gasteiger partial charge in [-0.2, -0.15) is 0 Å². The van der Waals surface area contributed by atoms with Crippen LogP contribution in [0.25, 0.3) is 66.9 Å². The van der Waals surface area contributed by atoms with E-state index in [-0.39, 0.29) is 30.9 Å². The Labute approximate surface area is 371 Å². The summed E-state index contributed by atoms with van der Waals surface area (Å²) in [5.74, 6) is 0. The number of aromatic nitrogens is 1. The molecule has 2 heteroatoms. The second-order valence-corrected chi connectivity index (χ2v) is 17.5. The van der Waals surface area contributed by atoms with E-state index in [0.29, 0.717) is 0 Å². The third-order valence-corrected chi connectivity index (χ3v) is 14.4. The fraction of sp³-hybridized carbons (Fsp3) is 0.102. The summed E-state index contributed by atoms with van der Waals surface area (Å²) in [6.45, 7) is 0. The van der Waals surface area contributed by atoms with Crippen molar-refractivity contribution < 1.29 is 20.1 Å². The number of nitrogens with zero attached hydrogens (tertiary/aromatic N) is 1. The third-order valence-electron chi connectivity index (χ3n) is 14.4. The SMILES string of the molecule is [Ir].[c-]1ccc(-c2cc(-c3ccc4c(c3)C3(Cc5ccccc5C3)c3ccccc3-4)cc(-c3ccc4c(c3)C3(Cc5ccccc5C3)c3ccccc3-4)c2)cc1-c1ccccn1. The van der Waals surface area contributed by atoms with Crippen molar-refractivity contribution in [3.8, 4) is 66.9 Å². The molecule has 8 aromatic carbocycles. The minimum Gasteiger partial charge on any atom is -0.305 e. The minimum atomic E-state index is -0.0684. The van der Waals surface area contributed by atoms with Gasteiger partial charge >= 0.3 is 0 Å². The zero-order valence-electron chi connectivity index (χ0n) is 33.6. The van der Waals surface area contributed by atoms with Crippen molar-refractivity contribution in [3.05, 3.63) is 245 Å². The van der Waals surface area contributed by atoms with E-state index in [1.807, 2.05) is 24.4 Å². The van der Waals surface area contributed by atoms with Crippen LogP contribution in [-0.2, 0) is 56.6 Å². The second kappa shape index (κ2) is 13.8. The summed E-state index contributed by atoms with van der Waals surface area (Å²) in [4.78, 5) is 4.68. The van der Waals surface area contributed by atoms with Crippen LogP contribution in [0.5, 0.6) is 0 Å². The molecule has 0 atom stereocenters. The van der Waals surface area contributed by atoms with Crippen molar-refractivity contribution in [1.82, 2.24) is 4.98 Å². The Morgan fingerprint density at radius 1 is 0.361 bits per heavy atom. The first-order chi connectivity index (χ1) is 29.6. The number of rotatable bonds is 4. The first-order valence-electron chi connectivity index (χ1n) is 21.4. The fourth-order valence-corrected chi connectivity index (χ4v) is 11.7. The number of hydrogen-bond acceptors (Lipinski definition) is 1. The second-order valence-electron chi connectivity index (χ2n) is 17.5. The first kappa shape index (κ1) is 36.4. The summed E-state index contributed by atoms with van der Waals surface area (Å²) >= 11 is 0. The van der Waals surface area contributed by atoms with Gasteiger partial charge in [-0.25, -0.2) is 0 Å². The molecule has 0 unspecified atom stereocenters. The molecule has 1 aromatic heterocycles. The first-order valence-corrected chi connectivity index (χ1v) is 21.4. The van der Waals surface area contributed by atoms with Gasteiger partial charge in [0.1, 0.15) is 0 Å². The average Bonchev–Trinajstić information content (AvgIpc) is 4.05. The van der Waals surface area contributed by atoms with Crippen LogP contribution >= 0.6 is 0 Å². The summed E-state index contributed by atoms with van der Waals surface area (Å²) in [5.41, 5.74) is 26.3. The molecule has 13 rings (SSSR count). The molecule has 291 valence electrons. The van der Waals surface area contributed by atoms with E-state index in [9.17, 15) is 0 Å². The quantitative estimate of drug-likeness (QED) is 0.160. The van der Waals surface area contributed by atoms with Crippen LogP contribution < -0.4 is 0 Å². The molecule has 1 radical (unpaired) electrons. The van der Waals surface area contributed by atoms with Crippen LogP contribution in [0.4, 0.5) is 0 Å². The van der Waals surface area contributed by atoms with Gasteiger partial charge in [0.2, 0.25) is 0 Å². The summed E-state index contributed by atoms with van der Waals surface area (Å²) in [7, 11) is 0. The van der Waals surface area contributed by atoms with Crippen molar-refractivity contribution in [2.75, 3.05) is 0 Å². The van der Waals surface area contributed by atoms with Crippen LogP contribution in [-0.4, -0.2) is 4.98 Å². The summed E-state index contributed by atoms with van der Waals surface area (Å²) in [6, 6.07) is 74.3. The zero-order chi connectivity index (χ0) is 39.4. The third kappa shape index (κ3) is 5.45. The molecule has 61 heavy (non-hydrogen) atoms. The predicted molar refractivity (Wildman–Crippen MR) is 245 cm³/mol. The van der Waals surface area contributed by atoms with Crippen molar-refractivity contribution in [1.29, 1.82) is 0 Å². The van der Waals surface area contributed by atoms with E-state index in [4.69, 9.17) is 0 Å². The number of pyridine rings is 1. The van der Waals surface area contributed by atoms with Crippen LogP contribution in [0.2, 0.25) is 0 Å². The molecule has 4 aliphatic carbocycles. The monoisotopic (exact) mass is 955 g/mol. The van der Waals surface area contributed by atoms with Crippen LogP contribution in [0, 0.1) is 6.07 Å². The Kier molecular flexibility index (Phi) is 8.24. The predicted octanol–water partition coefficient (Wildman–Crippen LogP) is 13.7. The maximum atomic E-state index is 4.68. The summed E-state index contributed by atoms with van der Waals surface area (Å²) in [5, 5.41) is 0.